The van der Waals surface area contributed by atoms with Gasteiger partial charge in [-0.15, -0.1) is 11.6 Å². The Balaban J connectivity index is 2.34. The van der Waals surface area contributed by atoms with E-state index in [2.05, 4.69) is 15.9 Å². The average molecular weight is 360 g/mol. The van der Waals surface area contributed by atoms with Crippen molar-refractivity contribution in [2.75, 3.05) is 5.88 Å². The number of aryl methyl sites for hydroxylation is 1. The Morgan fingerprint density at radius 1 is 1.20 bits per heavy atom. The van der Waals surface area contributed by atoms with E-state index in [-0.39, 0.29) is 22.4 Å². The fraction of sp³-hybridized carbons (Fsp3) is 0.250. The highest BCUT2D eigenvalue weighted by Crippen LogP contribution is 2.28. The number of benzene rings is 2. The first-order valence-corrected chi connectivity index (χ1v) is 7.60. The Kier molecular flexibility index (Phi) is 5.17. The second-order valence-electron chi connectivity index (χ2n) is 4.79. The van der Waals surface area contributed by atoms with Gasteiger partial charge in [0, 0.05) is 17.4 Å². The Labute approximate surface area is 130 Å². The van der Waals surface area contributed by atoms with E-state index in [1.165, 1.54) is 12.1 Å². The van der Waals surface area contributed by atoms with Gasteiger partial charge in [0.2, 0.25) is 0 Å². The summed E-state index contributed by atoms with van der Waals surface area (Å²) < 4.78 is 28.1. The topological polar surface area (TPSA) is 0 Å². The molecule has 0 fully saturated rings. The molecule has 0 aliphatic rings. The Morgan fingerprint density at radius 3 is 2.60 bits per heavy atom. The summed E-state index contributed by atoms with van der Waals surface area (Å²) in [5, 5.41) is 0. The van der Waals surface area contributed by atoms with Gasteiger partial charge in [-0.2, -0.15) is 0 Å². The van der Waals surface area contributed by atoms with E-state index in [1.807, 2.05) is 31.2 Å². The molecule has 0 aromatic heterocycles. The maximum absolute atomic E-state index is 14.0. The third-order valence-corrected chi connectivity index (χ3v) is 4.27. The molecule has 0 aliphatic carbocycles. The van der Waals surface area contributed by atoms with Gasteiger partial charge in [0.05, 0.1) is 4.47 Å². The van der Waals surface area contributed by atoms with Crippen LogP contribution in [0.1, 0.15) is 22.6 Å². The second-order valence-corrected chi connectivity index (χ2v) is 5.95. The summed E-state index contributed by atoms with van der Waals surface area (Å²) in [5.74, 6) is -0.884. The molecule has 0 spiro atoms. The standard InChI is InChI=1S/C16H14BrClF2/c1-10-3-2-4-11(7-10)12(9-18)8-13-15(19)6-5-14(17)16(13)20/h2-7,12H,8-9H2,1H3. The summed E-state index contributed by atoms with van der Waals surface area (Å²) in [6.07, 6.45) is 0.240. The minimum Gasteiger partial charge on any atom is -0.207 e. The van der Waals surface area contributed by atoms with Crippen LogP contribution in [-0.2, 0) is 6.42 Å². The molecule has 0 saturated carbocycles. The van der Waals surface area contributed by atoms with Gasteiger partial charge in [-0.3, -0.25) is 0 Å². The summed E-state index contributed by atoms with van der Waals surface area (Å²) in [7, 11) is 0. The molecular formula is C16H14BrClF2. The molecule has 106 valence electrons. The van der Waals surface area contributed by atoms with Crippen molar-refractivity contribution in [3.05, 3.63) is 69.2 Å². The molecule has 2 aromatic rings. The fourth-order valence-electron chi connectivity index (χ4n) is 2.19. The predicted molar refractivity (Wildman–Crippen MR) is 82.4 cm³/mol. The smallest absolute Gasteiger partial charge is 0.143 e. The highest BCUT2D eigenvalue weighted by molar-refractivity contribution is 9.10. The molecule has 0 bridgehead atoms. The van der Waals surface area contributed by atoms with Gasteiger partial charge in [-0.1, -0.05) is 29.8 Å². The van der Waals surface area contributed by atoms with E-state index < -0.39 is 11.6 Å². The van der Waals surface area contributed by atoms with Crippen LogP contribution in [0.5, 0.6) is 0 Å². The first-order chi connectivity index (χ1) is 9.52. The normalized spacial score (nSPS) is 12.4. The van der Waals surface area contributed by atoms with Crippen LogP contribution in [0.2, 0.25) is 0 Å². The van der Waals surface area contributed by atoms with Crippen LogP contribution in [0, 0.1) is 18.6 Å². The number of hydrogen-bond acceptors (Lipinski definition) is 0. The van der Waals surface area contributed by atoms with Gasteiger partial charge in [0.15, 0.2) is 0 Å². The van der Waals surface area contributed by atoms with Crippen LogP contribution in [-0.4, -0.2) is 5.88 Å². The van der Waals surface area contributed by atoms with Crippen LogP contribution in [0.3, 0.4) is 0 Å². The molecule has 4 heteroatoms. The van der Waals surface area contributed by atoms with Gasteiger partial charge < -0.3 is 0 Å². The lowest BCUT2D eigenvalue weighted by molar-refractivity contribution is 0.540. The van der Waals surface area contributed by atoms with Gasteiger partial charge >= 0.3 is 0 Å². The van der Waals surface area contributed by atoms with Crippen molar-refractivity contribution in [1.29, 1.82) is 0 Å². The Bertz CT molecular complexity index is 613. The summed E-state index contributed by atoms with van der Waals surface area (Å²) in [6, 6.07) is 10.5. The zero-order valence-corrected chi connectivity index (χ0v) is 13.3. The van der Waals surface area contributed by atoms with Gasteiger partial charge in [-0.05, 0) is 47.0 Å². The van der Waals surface area contributed by atoms with E-state index in [1.54, 1.807) is 0 Å². The number of hydrogen-bond donors (Lipinski definition) is 0. The summed E-state index contributed by atoms with van der Waals surface area (Å²) >= 11 is 9.08. The summed E-state index contributed by atoms with van der Waals surface area (Å²) in [5.41, 5.74) is 2.18. The van der Waals surface area contributed by atoms with E-state index in [4.69, 9.17) is 11.6 Å². The highest BCUT2D eigenvalue weighted by Gasteiger charge is 2.18. The Hall–Kier alpha value is -0.930. The molecule has 0 nitrogen and oxygen atoms in total. The molecule has 2 rings (SSSR count). The maximum Gasteiger partial charge on any atom is 0.143 e. The summed E-state index contributed by atoms with van der Waals surface area (Å²) in [4.78, 5) is 0. The minimum atomic E-state index is -0.548. The van der Waals surface area contributed by atoms with E-state index in [9.17, 15) is 8.78 Å². The summed E-state index contributed by atoms with van der Waals surface area (Å²) in [6.45, 7) is 1.98. The third kappa shape index (κ3) is 3.39. The Morgan fingerprint density at radius 2 is 1.95 bits per heavy atom. The maximum atomic E-state index is 14.0. The van der Waals surface area contributed by atoms with Crippen molar-refractivity contribution in [3.8, 4) is 0 Å². The molecule has 0 saturated heterocycles. The van der Waals surface area contributed by atoms with Crippen molar-refractivity contribution in [3.63, 3.8) is 0 Å². The van der Waals surface area contributed by atoms with E-state index in [0.717, 1.165) is 11.1 Å². The van der Waals surface area contributed by atoms with Crippen molar-refractivity contribution in [2.45, 2.75) is 19.3 Å². The SMILES string of the molecule is Cc1cccc(C(CCl)Cc2c(F)ccc(Br)c2F)c1. The molecule has 0 aliphatic heterocycles. The molecule has 0 N–H and O–H groups in total. The van der Waals surface area contributed by atoms with E-state index in [0.29, 0.717) is 5.88 Å². The van der Waals surface area contributed by atoms with Crippen LogP contribution in [0.4, 0.5) is 8.78 Å². The van der Waals surface area contributed by atoms with Crippen LogP contribution >= 0.6 is 27.5 Å². The average Bonchev–Trinajstić information content (AvgIpc) is 2.43. The quantitative estimate of drug-likeness (QED) is 0.492. The number of halogens is 4. The van der Waals surface area contributed by atoms with Gasteiger partial charge in [0.25, 0.3) is 0 Å². The van der Waals surface area contributed by atoms with Crippen molar-refractivity contribution < 1.29 is 8.78 Å². The molecule has 0 radical (unpaired) electrons. The van der Waals surface area contributed by atoms with Crippen LogP contribution in [0.15, 0.2) is 40.9 Å². The number of alkyl halides is 1. The zero-order chi connectivity index (χ0) is 14.7. The van der Waals surface area contributed by atoms with Crippen molar-refractivity contribution >= 4 is 27.5 Å². The largest absolute Gasteiger partial charge is 0.207 e. The molecule has 20 heavy (non-hydrogen) atoms. The lowest BCUT2D eigenvalue weighted by Crippen LogP contribution is -2.08. The monoisotopic (exact) mass is 358 g/mol. The van der Waals surface area contributed by atoms with Crippen LogP contribution < -0.4 is 0 Å². The predicted octanol–water partition coefficient (Wildman–Crippen LogP) is 5.60. The minimum absolute atomic E-state index is 0.0755. The fourth-order valence-corrected chi connectivity index (χ4v) is 2.85. The molecule has 1 atom stereocenters. The zero-order valence-electron chi connectivity index (χ0n) is 11.0. The first kappa shape index (κ1) is 15.5. The molecule has 2 aromatic carbocycles. The molecule has 0 amide bonds. The molecular weight excluding hydrogens is 346 g/mol. The first-order valence-electron chi connectivity index (χ1n) is 6.27. The van der Waals surface area contributed by atoms with Gasteiger partial charge in [-0.25, -0.2) is 8.78 Å². The lowest BCUT2D eigenvalue weighted by atomic mass is 9.92. The molecule has 0 heterocycles. The second kappa shape index (κ2) is 6.68. The highest BCUT2D eigenvalue weighted by atomic mass is 79.9. The third-order valence-electron chi connectivity index (χ3n) is 3.29. The van der Waals surface area contributed by atoms with Crippen LogP contribution in [0.25, 0.3) is 0 Å². The lowest BCUT2D eigenvalue weighted by Gasteiger charge is -2.16. The van der Waals surface area contributed by atoms with E-state index >= 15 is 0 Å². The van der Waals surface area contributed by atoms with Crippen molar-refractivity contribution in [1.82, 2.24) is 0 Å². The van der Waals surface area contributed by atoms with Crippen molar-refractivity contribution in [2.24, 2.45) is 0 Å². The molecule has 1 unspecified atom stereocenters. The van der Waals surface area contributed by atoms with Gasteiger partial charge in [0.1, 0.15) is 11.6 Å². The number of rotatable bonds is 4.